The van der Waals surface area contributed by atoms with Crippen LogP contribution in [-0.2, 0) is 48.0 Å². The van der Waals surface area contributed by atoms with Crippen molar-refractivity contribution in [2.75, 3.05) is 12.3 Å². The van der Waals surface area contributed by atoms with Crippen LogP contribution < -0.4 is 43.4 Å². The van der Waals surface area contributed by atoms with Crippen LogP contribution in [0, 0.1) is 5.41 Å². The summed E-state index contributed by atoms with van der Waals surface area (Å²) in [6, 6.07) is 9.84. The Morgan fingerprint density at radius 3 is 2.10 bits per heavy atom. The maximum atomic E-state index is 14.2. The number of carbonyl (C=O) groups excluding carboxylic acids is 5. The van der Waals surface area contributed by atoms with Gasteiger partial charge in [-0.15, -0.1) is 0 Å². The highest BCUT2D eigenvalue weighted by Crippen LogP contribution is 2.19. The van der Waals surface area contributed by atoms with Crippen molar-refractivity contribution in [2.45, 2.75) is 81.7 Å². The van der Waals surface area contributed by atoms with Crippen molar-refractivity contribution in [2.24, 2.45) is 11.5 Å². The van der Waals surface area contributed by atoms with Gasteiger partial charge in [-0.25, -0.2) is 9.78 Å². The molecule has 5 amide bonds. The number of amides is 5. The van der Waals surface area contributed by atoms with Gasteiger partial charge >= 0.3 is 5.97 Å². The van der Waals surface area contributed by atoms with Crippen LogP contribution in [0.1, 0.15) is 43.5 Å². The average molecular weight is 833 g/mol. The third kappa shape index (κ3) is 13.6. The lowest BCUT2D eigenvalue weighted by Crippen LogP contribution is -2.62. The van der Waals surface area contributed by atoms with Crippen LogP contribution >= 0.6 is 12.6 Å². The molecule has 0 aliphatic carbocycles. The van der Waals surface area contributed by atoms with Gasteiger partial charge in [0.1, 0.15) is 29.7 Å². The van der Waals surface area contributed by atoms with E-state index in [9.17, 15) is 33.9 Å². The third-order valence-electron chi connectivity index (χ3n) is 9.37. The molecule has 2 heterocycles. The quantitative estimate of drug-likeness (QED) is 0.0204. The van der Waals surface area contributed by atoms with Crippen molar-refractivity contribution in [3.05, 3.63) is 90.1 Å². The van der Waals surface area contributed by atoms with Crippen LogP contribution in [0.2, 0.25) is 0 Å². The summed E-state index contributed by atoms with van der Waals surface area (Å²) in [7, 11) is 0. The number of aliphatic carboxylic acids is 1. The second kappa shape index (κ2) is 21.4. The number of nitrogens with one attached hydrogen (secondary N) is 9. The van der Waals surface area contributed by atoms with Crippen LogP contribution in [0.5, 0.6) is 0 Å². The topological polar surface area (TPSA) is 315 Å². The molecule has 2 aromatic carbocycles. The number of guanidine groups is 1. The molecule has 4 aromatic rings. The Kier molecular flexibility index (Phi) is 16.4. The summed E-state index contributed by atoms with van der Waals surface area (Å²) >= 11 is 4.04. The number of carbonyl (C=O) groups is 6. The Morgan fingerprint density at radius 2 is 1.46 bits per heavy atom. The molecule has 0 saturated carbocycles. The number of thiol groups is 1. The molecule has 0 aliphatic heterocycles. The number of imidazole rings is 1. The average Bonchev–Trinajstić information content (AvgIpc) is 3.87. The molecule has 2 aromatic heterocycles. The largest absolute Gasteiger partial charge is 0.480 e. The molecule has 316 valence electrons. The van der Waals surface area contributed by atoms with Crippen molar-refractivity contribution in [3.8, 4) is 0 Å². The number of fused-ring (bicyclic) bond motifs is 1. The van der Waals surface area contributed by atoms with Gasteiger partial charge in [-0.2, -0.15) is 12.6 Å². The van der Waals surface area contributed by atoms with E-state index in [1.54, 1.807) is 36.5 Å². The number of rotatable bonds is 22. The number of benzene rings is 2. The molecule has 0 bridgehead atoms. The summed E-state index contributed by atoms with van der Waals surface area (Å²) < 4.78 is 0. The van der Waals surface area contributed by atoms with Crippen LogP contribution in [0.25, 0.3) is 10.9 Å². The number of carboxylic acids is 1. The van der Waals surface area contributed by atoms with Crippen LogP contribution in [0.3, 0.4) is 0 Å². The van der Waals surface area contributed by atoms with Gasteiger partial charge in [-0.3, -0.25) is 29.4 Å². The SMILES string of the molecule is CC(C)(NC(=O)[C@@H](N)CS)C(=O)N[C@@H](Cc1c[nH]cn1)C(=O)N[C@H](Cc1ccccc1)C(=O)N[C@@H](CCCNC(=N)N)C(=O)N[C@@H](Cc1c[nH]c2ccccc12)C(=O)O. The molecule has 0 unspecified atom stereocenters. The summed E-state index contributed by atoms with van der Waals surface area (Å²) in [6.07, 6.45) is 4.63. The van der Waals surface area contributed by atoms with E-state index in [0.717, 1.165) is 10.9 Å². The molecule has 0 radical (unpaired) electrons. The molecule has 4 rings (SSSR count). The molecule has 0 spiro atoms. The Labute approximate surface area is 345 Å². The summed E-state index contributed by atoms with van der Waals surface area (Å²) in [5.41, 5.74) is 12.2. The predicted molar refractivity (Wildman–Crippen MR) is 223 cm³/mol. The second-order valence-electron chi connectivity index (χ2n) is 14.5. The summed E-state index contributed by atoms with van der Waals surface area (Å²) in [4.78, 5) is 90.9. The first-order valence-electron chi connectivity index (χ1n) is 18.9. The van der Waals surface area contributed by atoms with Gasteiger partial charge in [-0.1, -0.05) is 48.5 Å². The third-order valence-corrected chi connectivity index (χ3v) is 9.77. The maximum absolute atomic E-state index is 14.2. The van der Waals surface area contributed by atoms with Gasteiger partial charge in [0.05, 0.1) is 18.1 Å². The Balaban J connectivity index is 1.58. The summed E-state index contributed by atoms with van der Waals surface area (Å²) in [6.45, 7) is 3.04. The number of hydrogen-bond donors (Lipinski definition) is 13. The summed E-state index contributed by atoms with van der Waals surface area (Å²) in [5, 5.41) is 34.3. The standard InChI is InChI=1S/C39H52N12O7S/c1-39(2,51-32(52)26(40)20-59)37(58)50-30(17-24-19-43-21-46-24)35(55)48-29(15-22-9-4-3-5-10-22)34(54)47-28(13-8-14-44-38(41)42)33(53)49-31(36(56)57)16-23-18-45-27-12-7-6-11-25(23)27/h3-7,9-12,18-19,21,26,28-31,45,59H,8,13-17,20,40H2,1-2H3,(H,43,46)(H,47,54)(H,48,55)(H,49,53)(H,50,58)(H,51,52)(H,56,57)(H4,41,42,44)/t26-,28-,29+,30-,31-/m0/s1. The first-order chi connectivity index (χ1) is 28.1. The monoisotopic (exact) mass is 832 g/mol. The number of aromatic amines is 2. The van der Waals surface area contributed by atoms with Crippen molar-refractivity contribution >= 4 is 65.0 Å². The predicted octanol–water partition coefficient (Wildman–Crippen LogP) is -0.642. The minimum Gasteiger partial charge on any atom is -0.480 e. The number of aromatic nitrogens is 3. The fraction of sp³-hybridized carbons (Fsp3) is 0.385. The van der Waals surface area contributed by atoms with Crippen molar-refractivity contribution < 1.29 is 33.9 Å². The number of nitrogens with zero attached hydrogens (tertiary/aromatic N) is 1. The molecular formula is C39H52N12O7S. The van der Waals surface area contributed by atoms with Gasteiger partial charge in [0.15, 0.2) is 5.96 Å². The van der Waals surface area contributed by atoms with Crippen molar-refractivity contribution in [1.29, 1.82) is 5.41 Å². The first kappa shape index (κ1) is 45.3. The molecule has 0 saturated heterocycles. The van der Waals surface area contributed by atoms with E-state index in [1.807, 2.05) is 24.3 Å². The Bertz CT molecular complexity index is 2080. The number of H-pyrrole nitrogens is 2. The van der Waals surface area contributed by atoms with Crippen molar-refractivity contribution in [3.63, 3.8) is 0 Å². The smallest absolute Gasteiger partial charge is 0.326 e. The lowest BCUT2D eigenvalue weighted by Gasteiger charge is -2.30. The normalized spacial score (nSPS) is 13.8. The Hall–Kier alpha value is -6.41. The van der Waals surface area contributed by atoms with E-state index in [1.165, 1.54) is 26.4 Å². The van der Waals surface area contributed by atoms with E-state index >= 15 is 0 Å². The van der Waals surface area contributed by atoms with Gasteiger partial charge in [0.25, 0.3) is 0 Å². The van der Waals surface area contributed by atoms with E-state index < -0.39 is 71.3 Å². The summed E-state index contributed by atoms with van der Waals surface area (Å²) in [5.74, 6) is -5.26. The lowest BCUT2D eigenvalue weighted by molar-refractivity contribution is -0.142. The molecule has 0 aliphatic rings. The zero-order valence-electron chi connectivity index (χ0n) is 32.7. The van der Waals surface area contributed by atoms with Gasteiger partial charge in [-0.05, 0) is 43.9 Å². The number of nitrogens with two attached hydrogens (primary N) is 2. The first-order valence-corrected chi connectivity index (χ1v) is 19.5. The van der Waals surface area contributed by atoms with E-state index in [-0.39, 0.29) is 50.4 Å². The minimum absolute atomic E-state index is 0.00119. The number of hydrogen-bond acceptors (Lipinski definition) is 10. The zero-order chi connectivity index (χ0) is 43.1. The molecule has 59 heavy (non-hydrogen) atoms. The maximum Gasteiger partial charge on any atom is 0.326 e. The van der Waals surface area contributed by atoms with Crippen molar-refractivity contribution in [1.82, 2.24) is 46.9 Å². The van der Waals surface area contributed by atoms with Crippen LogP contribution in [0.4, 0.5) is 0 Å². The zero-order valence-corrected chi connectivity index (χ0v) is 33.6. The Morgan fingerprint density at radius 1 is 0.831 bits per heavy atom. The molecular weight excluding hydrogens is 781 g/mol. The van der Waals surface area contributed by atoms with E-state index in [0.29, 0.717) is 16.8 Å². The highest BCUT2D eigenvalue weighted by atomic mass is 32.1. The lowest BCUT2D eigenvalue weighted by atomic mass is 10.0. The molecule has 19 nitrogen and oxygen atoms in total. The fourth-order valence-electron chi connectivity index (χ4n) is 6.09. The van der Waals surface area contributed by atoms with Crippen LogP contribution in [-0.4, -0.2) is 110 Å². The molecule has 20 heteroatoms. The van der Waals surface area contributed by atoms with E-state index in [4.69, 9.17) is 16.9 Å². The minimum atomic E-state index is -1.53. The van der Waals surface area contributed by atoms with Gasteiger partial charge in [0.2, 0.25) is 29.5 Å². The highest BCUT2D eigenvalue weighted by Gasteiger charge is 2.36. The van der Waals surface area contributed by atoms with Gasteiger partial charge in [0, 0.05) is 54.9 Å². The molecule has 0 fully saturated rings. The number of carboxylic acid groups (broad SMARTS) is 1. The highest BCUT2D eigenvalue weighted by molar-refractivity contribution is 7.80. The molecule has 5 atom stereocenters. The van der Waals surface area contributed by atoms with Crippen LogP contribution in [0.15, 0.2) is 73.3 Å². The second-order valence-corrected chi connectivity index (χ2v) is 14.8. The number of para-hydroxylation sites is 1. The van der Waals surface area contributed by atoms with E-state index in [2.05, 4.69) is 59.5 Å². The fourth-order valence-corrected chi connectivity index (χ4v) is 6.26. The molecule has 14 N–H and O–H groups in total. The van der Waals surface area contributed by atoms with Gasteiger partial charge < -0.3 is 58.4 Å².